The average Bonchev–Trinajstić information content (AvgIpc) is 2.99. The smallest absolute Gasteiger partial charge is 0.0543 e. The second kappa shape index (κ2) is 7.31. The fourth-order valence-electron chi connectivity index (χ4n) is 9.31. The molecule has 0 aromatic rings. The van der Waals surface area contributed by atoms with Crippen molar-refractivity contribution in [2.24, 2.45) is 52.3 Å². The molecule has 0 heterocycles. The van der Waals surface area contributed by atoms with Gasteiger partial charge in [-0.15, -0.1) is 0 Å². The van der Waals surface area contributed by atoms with Crippen LogP contribution in [-0.4, -0.2) is 22.9 Å². The van der Waals surface area contributed by atoms with Crippen molar-refractivity contribution in [1.82, 2.24) is 0 Å². The Morgan fingerprint density at radius 2 is 1.63 bits per heavy atom. The van der Waals surface area contributed by atoms with Crippen LogP contribution in [0, 0.1) is 52.3 Å². The normalized spacial score (nSPS) is 53.3. The van der Waals surface area contributed by atoms with Gasteiger partial charge < -0.3 is 10.2 Å². The third-order valence-electron chi connectivity index (χ3n) is 10.7. The first-order valence-corrected chi connectivity index (χ1v) is 12.1. The van der Waals surface area contributed by atoms with Crippen LogP contribution in [0.5, 0.6) is 0 Å². The maximum atomic E-state index is 10.4. The monoisotopic (exact) mass is 376 g/mol. The van der Waals surface area contributed by atoms with Crippen LogP contribution in [0.25, 0.3) is 0 Å². The molecule has 0 aromatic heterocycles. The fraction of sp³-hybridized carbons (Fsp3) is 1.00. The molecule has 0 aromatic carbocycles. The van der Waals surface area contributed by atoms with Gasteiger partial charge in [0.15, 0.2) is 0 Å². The van der Waals surface area contributed by atoms with E-state index in [1.54, 1.807) is 0 Å². The van der Waals surface area contributed by atoms with Crippen molar-refractivity contribution in [3.05, 3.63) is 0 Å². The van der Waals surface area contributed by atoms with Crippen molar-refractivity contribution in [3.63, 3.8) is 0 Å². The molecule has 4 fully saturated rings. The Bertz CT molecular complexity index is 532. The molecule has 0 amide bonds. The summed E-state index contributed by atoms with van der Waals surface area (Å²) in [7, 11) is 0. The molecule has 0 saturated heterocycles. The number of hydrogen-bond donors (Lipinski definition) is 2. The van der Waals surface area contributed by atoms with Crippen LogP contribution in [0.4, 0.5) is 0 Å². The zero-order chi connectivity index (χ0) is 19.4. The molecule has 0 aliphatic heterocycles. The van der Waals surface area contributed by atoms with Gasteiger partial charge in [0.1, 0.15) is 0 Å². The summed E-state index contributed by atoms with van der Waals surface area (Å²) in [6.07, 6.45) is 12.7. The summed E-state index contributed by atoms with van der Waals surface area (Å²) in [6, 6.07) is 0. The Hall–Kier alpha value is -0.0800. The Morgan fingerprint density at radius 3 is 2.33 bits per heavy atom. The molecule has 156 valence electrons. The summed E-state index contributed by atoms with van der Waals surface area (Å²) in [5, 5.41) is 19.9. The van der Waals surface area contributed by atoms with Gasteiger partial charge in [0, 0.05) is 6.61 Å². The molecule has 2 heteroatoms. The third kappa shape index (κ3) is 3.03. The Morgan fingerprint density at radius 1 is 0.926 bits per heavy atom. The minimum Gasteiger partial charge on any atom is -0.396 e. The van der Waals surface area contributed by atoms with Crippen molar-refractivity contribution >= 4 is 0 Å². The van der Waals surface area contributed by atoms with Gasteiger partial charge in [0.2, 0.25) is 0 Å². The first kappa shape index (κ1) is 20.2. The molecule has 4 aliphatic rings. The van der Waals surface area contributed by atoms with E-state index in [-0.39, 0.29) is 6.10 Å². The van der Waals surface area contributed by atoms with Gasteiger partial charge in [-0.3, -0.25) is 0 Å². The summed E-state index contributed by atoms with van der Waals surface area (Å²) < 4.78 is 0. The first-order valence-electron chi connectivity index (χ1n) is 12.1. The maximum absolute atomic E-state index is 10.4. The molecule has 27 heavy (non-hydrogen) atoms. The number of hydrogen-bond acceptors (Lipinski definition) is 2. The molecule has 4 rings (SSSR count). The molecule has 6 unspecified atom stereocenters. The number of rotatable bonds is 4. The molecular formula is C25H44O2. The van der Waals surface area contributed by atoms with Crippen LogP contribution >= 0.6 is 0 Å². The van der Waals surface area contributed by atoms with Crippen molar-refractivity contribution in [3.8, 4) is 0 Å². The van der Waals surface area contributed by atoms with Crippen LogP contribution in [0.15, 0.2) is 0 Å². The zero-order valence-electron chi connectivity index (χ0n) is 18.3. The number of aliphatic hydroxyl groups excluding tert-OH is 2. The van der Waals surface area contributed by atoms with Gasteiger partial charge in [0.25, 0.3) is 0 Å². The van der Waals surface area contributed by atoms with E-state index in [4.69, 9.17) is 0 Å². The van der Waals surface area contributed by atoms with Crippen LogP contribution in [0.2, 0.25) is 0 Å². The van der Waals surface area contributed by atoms with Crippen molar-refractivity contribution in [1.29, 1.82) is 0 Å². The molecular weight excluding hydrogens is 332 g/mol. The summed E-state index contributed by atoms with van der Waals surface area (Å²) in [4.78, 5) is 0. The number of fused-ring (bicyclic) bond motifs is 5. The van der Waals surface area contributed by atoms with Crippen LogP contribution in [0.1, 0.15) is 91.9 Å². The highest BCUT2D eigenvalue weighted by atomic mass is 16.3. The minimum atomic E-state index is -0.0438. The van der Waals surface area contributed by atoms with Crippen molar-refractivity contribution < 1.29 is 10.2 Å². The lowest BCUT2D eigenvalue weighted by atomic mass is 9.42. The highest BCUT2D eigenvalue weighted by molar-refractivity contribution is 5.11. The Kier molecular flexibility index (Phi) is 5.47. The Labute approximate surface area is 167 Å². The lowest BCUT2D eigenvalue weighted by Gasteiger charge is -2.63. The molecule has 4 aliphatic carbocycles. The highest BCUT2D eigenvalue weighted by Crippen LogP contribution is 2.69. The fourth-order valence-corrected chi connectivity index (χ4v) is 9.31. The molecule has 0 radical (unpaired) electrons. The van der Waals surface area contributed by atoms with E-state index >= 15 is 0 Å². The van der Waals surface area contributed by atoms with Gasteiger partial charge in [-0.1, -0.05) is 34.1 Å². The van der Waals surface area contributed by atoms with Crippen LogP contribution < -0.4 is 0 Å². The van der Waals surface area contributed by atoms with E-state index in [0.29, 0.717) is 23.4 Å². The van der Waals surface area contributed by atoms with Crippen molar-refractivity contribution in [2.45, 2.75) is 98.0 Å². The van der Waals surface area contributed by atoms with E-state index in [9.17, 15) is 10.2 Å². The summed E-state index contributed by atoms with van der Waals surface area (Å²) in [5.41, 5.74) is 0.977. The van der Waals surface area contributed by atoms with Crippen LogP contribution in [-0.2, 0) is 0 Å². The van der Waals surface area contributed by atoms with E-state index < -0.39 is 0 Å². The summed E-state index contributed by atoms with van der Waals surface area (Å²) in [5.74, 6) is 5.76. The predicted octanol–water partition coefficient (Wildman–Crippen LogP) is 5.66. The van der Waals surface area contributed by atoms with E-state index in [1.165, 1.54) is 44.9 Å². The van der Waals surface area contributed by atoms with Crippen LogP contribution in [0.3, 0.4) is 0 Å². The Balaban J connectivity index is 1.61. The summed E-state index contributed by atoms with van der Waals surface area (Å²) >= 11 is 0. The van der Waals surface area contributed by atoms with E-state index in [1.807, 2.05) is 0 Å². The van der Waals surface area contributed by atoms with Gasteiger partial charge in [0.05, 0.1) is 6.10 Å². The molecule has 2 nitrogen and oxygen atoms in total. The SMILES string of the molecule is CC[C@H]1CC2C(CC[C@@]3(C)C2CCC3[C@H](C)CCO)C2(C)CC[C@@H](O)CC12. The number of aliphatic hydroxyl groups is 2. The minimum absolute atomic E-state index is 0.0438. The quantitative estimate of drug-likeness (QED) is 0.664. The third-order valence-corrected chi connectivity index (χ3v) is 10.7. The first-order chi connectivity index (χ1) is 12.8. The second-order valence-corrected chi connectivity index (χ2v) is 11.5. The molecule has 10 atom stereocenters. The zero-order valence-corrected chi connectivity index (χ0v) is 18.3. The van der Waals surface area contributed by atoms with Gasteiger partial charge in [-0.2, -0.15) is 0 Å². The predicted molar refractivity (Wildman–Crippen MR) is 111 cm³/mol. The van der Waals surface area contributed by atoms with E-state index in [2.05, 4.69) is 27.7 Å². The van der Waals surface area contributed by atoms with Gasteiger partial charge in [-0.25, -0.2) is 0 Å². The topological polar surface area (TPSA) is 40.5 Å². The highest BCUT2D eigenvalue weighted by Gasteiger charge is 2.62. The lowest BCUT2D eigenvalue weighted by molar-refractivity contribution is -0.152. The standard InChI is InChI=1S/C25H44O2/c1-5-17-14-19-21-7-6-20(16(2)10-13-26)24(21,3)12-9-22(19)25(4)11-8-18(27)15-23(17)25/h16-23,26-27H,5-15H2,1-4H3/t16-,17+,18-,19?,20?,21?,22?,23?,24-,25?/m1/s1. The molecule has 0 spiro atoms. The molecule has 0 bridgehead atoms. The van der Waals surface area contributed by atoms with Gasteiger partial charge >= 0.3 is 0 Å². The van der Waals surface area contributed by atoms with Gasteiger partial charge in [-0.05, 0) is 110 Å². The maximum Gasteiger partial charge on any atom is 0.0543 e. The molecule has 2 N–H and O–H groups in total. The largest absolute Gasteiger partial charge is 0.396 e. The summed E-state index contributed by atoms with van der Waals surface area (Å²) in [6.45, 7) is 10.4. The van der Waals surface area contributed by atoms with Crippen molar-refractivity contribution in [2.75, 3.05) is 6.61 Å². The van der Waals surface area contributed by atoms with E-state index in [0.717, 1.165) is 54.8 Å². The second-order valence-electron chi connectivity index (χ2n) is 11.5. The lowest BCUT2D eigenvalue weighted by Crippen LogP contribution is -2.56. The average molecular weight is 377 g/mol. The molecule has 4 saturated carbocycles.